The maximum absolute atomic E-state index is 5.60. The van der Waals surface area contributed by atoms with Gasteiger partial charge in [0.15, 0.2) is 5.96 Å². The van der Waals surface area contributed by atoms with Gasteiger partial charge in [0.1, 0.15) is 0 Å². The van der Waals surface area contributed by atoms with Gasteiger partial charge in [-0.3, -0.25) is 9.89 Å². The molecular formula is C22H39IN4O2. The summed E-state index contributed by atoms with van der Waals surface area (Å²) >= 11 is 0. The molecule has 0 unspecified atom stereocenters. The second kappa shape index (κ2) is 16.8. The molecule has 0 amide bonds. The van der Waals surface area contributed by atoms with Crippen molar-refractivity contribution in [2.24, 2.45) is 4.99 Å². The number of hydrogen-bond acceptors (Lipinski definition) is 4. The fourth-order valence-electron chi connectivity index (χ4n) is 3.20. The molecule has 0 saturated carbocycles. The normalized spacial score (nSPS) is 14.2. The quantitative estimate of drug-likeness (QED) is 0.182. The van der Waals surface area contributed by atoms with Gasteiger partial charge >= 0.3 is 0 Å². The summed E-state index contributed by atoms with van der Waals surface area (Å²) in [5.74, 6) is 0.864. The van der Waals surface area contributed by atoms with E-state index >= 15 is 0 Å². The lowest BCUT2D eigenvalue weighted by atomic mass is 10.0. The fourth-order valence-corrected chi connectivity index (χ4v) is 3.20. The Hall–Kier alpha value is -0.900. The number of guanidine groups is 1. The molecule has 166 valence electrons. The van der Waals surface area contributed by atoms with Crippen LogP contribution in [0, 0.1) is 0 Å². The second-order valence-corrected chi connectivity index (χ2v) is 7.06. The van der Waals surface area contributed by atoms with Gasteiger partial charge < -0.3 is 20.1 Å². The van der Waals surface area contributed by atoms with Crippen molar-refractivity contribution in [1.82, 2.24) is 15.5 Å². The van der Waals surface area contributed by atoms with Crippen molar-refractivity contribution < 1.29 is 9.47 Å². The number of ether oxygens (including phenoxy) is 2. The van der Waals surface area contributed by atoms with Crippen LogP contribution >= 0.6 is 24.0 Å². The van der Waals surface area contributed by atoms with Crippen LogP contribution in [0.15, 0.2) is 29.3 Å². The van der Waals surface area contributed by atoms with Crippen molar-refractivity contribution in [2.75, 3.05) is 59.2 Å². The third kappa shape index (κ3) is 11.2. The first-order valence-electron chi connectivity index (χ1n) is 10.8. The van der Waals surface area contributed by atoms with Crippen molar-refractivity contribution in [3.05, 3.63) is 35.4 Å². The Balaban J connectivity index is 0.00000420. The van der Waals surface area contributed by atoms with Crippen LogP contribution in [0.5, 0.6) is 0 Å². The van der Waals surface area contributed by atoms with E-state index in [1.54, 1.807) is 0 Å². The molecule has 6 nitrogen and oxygen atoms in total. The number of nitrogens with one attached hydrogen (secondary N) is 2. The Labute approximate surface area is 193 Å². The van der Waals surface area contributed by atoms with E-state index in [1.165, 1.54) is 17.5 Å². The highest BCUT2D eigenvalue weighted by Crippen LogP contribution is 2.17. The molecule has 1 aliphatic heterocycles. The van der Waals surface area contributed by atoms with Crippen LogP contribution in [0.3, 0.4) is 0 Å². The van der Waals surface area contributed by atoms with Crippen molar-refractivity contribution in [3.63, 3.8) is 0 Å². The lowest BCUT2D eigenvalue weighted by Gasteiger charge is -2.28. The van der Waals surface area contributed by atoms with E-state index in [-0.39, 0.29) is 24.0 Å². The molecule has 2 N–H and O–H groups in total. The molecule has 1 aromatic carbocycles. The summed E-state index contributed by atoms with van der Waals surface area (Å²) in [6.45, 7) is 12.6. The molecule has 1 heterocycles. The van der Waals surface area contributed by atoms with Gasteiger partial charge in [-0.1, -0.05) is 37.6 Å². The third-order valence-electron chi connectivity index (χ3n) is 4.79. The lowest BCUT2D eigenvalue weighted by Crippen LogP contribution is -2.40. The minimum Gasteiger partial charge on any atom is -0.379 e. The topological polar surface area (TPSA) is 58.1 Å². The largest absolute Gasteiger partial charge is 0.379 e. The number of benzene rings is 1. The first kappa shape index (κ1) is 26.1. The number of nitrogens with zero attached hydrogens (tertiary/aromatic N) is 2. The SMILES string of the molecule is CCCCOCCOCCNC(=NCCN1CCc2ccccc2C1)NCC.I. The molecule has 0 saturated heterocycles. The maximum atomic E-state index is 5.60. The predicted octanol–water partition coefficient (Wildman–Crippen LogP) is 3.05. The first-order valence-corrected chi connectivity index (χ1v) is 10.8. The molecule has 0 aromatic heterocycles. The van der Waals surface area contributed by atoms with Crippen molar-refractivity contribution >= 4 is 29.9 Å². The Bertz CT molecular complexity index is 571. The molecule has 29 heavy (non-hydrogen) atoms. The highest BCUT2D eigenvalue weighted by atomic mass is 127. The third-order valence-corrected chi connectivity index (χ3v) is 4.79. The van der Waals surface area contributed by atoms with E-state index in [9.17, 15) is 0 Å². The second-order valence-electron chi connectivity index (χ2n) is 7.06. The minimum atomic E-state index is 0. The summed E-state index contributed by atoms with van der Waals surface area (Å²) in [7, 11) is 0. The van der Waals surface area contributed by atoms with Gasteiger partial charge in [-0.25, -0.2) is 0 Å². The van der Waals surface area contributed by atoms with Crippen molar-refractivity contribution in [3.8, 4) is 0 Å². The van der Waals surface area contributed by atoms with Gasteiger partial charge in [0.05, 0.1) is 26.4 Å². The zero-order chi connectivity index (χ0) is 19.9. The van der Waals surface area contributed by atoms with E-state index < -0.39 is 0 Å². The molecule has 1 aromatic rings. The summed E-state index contributed by atoms with van der Waals surface area (Å²) in [6, 6.07) is 8.76. The summed E-state index contributed by atoms with van der Waals surface area (Å²) in [5.41, 5.74) is 2.95. The van der Waals surface area contributed by atoms with E-state index in [1.807, 2.05) is 0 Å². The Morgan fingerprint density at radius 2 is 1.79 bits per heavy atom. The fraction of sp³-hybridized carbons (Fsp3) is 0.682. The van der Waals surface area contributed by atoms with Crippen LogP contribution in [-0.4, -0.2) is 70.0 Å². The maximum Gasteiger partial charge on any atom is 0.191 e. The predicted molar refractivity (Wildman–Crippen MR) is 131 cm³/mol. The molecular weight excluding hydrogens is 479 g/mol. The molecule has 2 rings (SSSR count). The standard InChI is InChI=1S/C22H38N4O2.HI/c1-3-5-15-27-17-18-28-16-12-25-22(23-4-2)24-11-14-26-13-10-20-8-6-7-9-21(20)19-26;/h6-9H,3-5,10-19H2,1-2H3,(H2,23,24,25);1H. The molecule has 0 spiro atoms. The molecule has 0 radical (unpaired) electrons. The van der Waals surface area contributed by atoms with Crippen LogP contribution < -0.4 is 10.6 Å². The van der Waals surface area contributed by atoms with Gasteiger partial charge in [-0.05, 0) is 30.9 Å². The zero-order valence-corrected chi connectivity index (χ0v) is 20.5. The summed E-state index contributed by atoms with van der Waals surface area (Å²) in [6.07, 6.45) is 3.42. The molecule has 0 atom stereocenters. The van der Waals surface area contributed by atoms with Crippen LogP contribution in [0.25, 0.3) is 0 Å². The zero-order valence-electron chi connectivity index (χ0n) is 18.1. The van der Waals surface area contributed by atoms with Gasteiger partial charge in [-0.2, -0.15) is 0 Å². The van der Waals surface area contributed by atoms with E-state index in [4.69, 9.17) is 14.5 Å². The minimum absolute atomic E-state index is 0. The van der Waals surface area contributed by atoms with Gasteiger partial charge in [0.25, 0.3) is 0 Å². The number of rotatable bonds is 13. The van der Waals surface area contributed by atoms with Crippen LogP contribution in [0.4, 0.5) is 0 Å². The van der Waals surface area contributed by atoms with E-state index in [0.717, 1.165) is 64.7 Å². The van der Waals surface area contributed by atoms with Gasteiger partial charge in [-0.15, -0.1) is 24.0 Å². The number of aliphatic imine (C=N–C) groups is 1. The Kier molecular flexibility index (Phi) is 15.2. The highest BCUT2D eigenvalue weighted by Gasteiger charge is 2.14. The van der Waals surface area contributed by atoms with Crippen LogP contribution in [0.1, 0.15) is 37.8 Å². The van der Waals surface area contributed by atoms with Gasteiger partial charge in [0, 0.05) is 39.3 Å². The Morgan fingerprint density at radius 1 is 1.03 bits per heavy atom. The Morgan fingerprint density at radius 3 is 2.55 bits per heavy atom. The van der Waals surface area contributed by atoms with Gasteiger partial charge in [0.2, 0.25) is 0 Å². The van der Waals surface area contributed by atoms with E-state index in [0.29, 0.717) is 19.8 Å². The first-order chi connectivity index (χ1) is 13.8. The highest BCUT2D eigenvalue weighted by molar-refractivity contribution is 14.0. The average molecular weight is 518 g/mol. The average Bonchev–Trinajstić information content (AvgIpc) is 2.72. The number of halogens is 1. The van der Waals surface area contributed by atoms with Crippen LogP contribution in [-0.2, 0) is 22.4 Å². The number of unbranched alkanes of at least 4 members (excludes halogenated alkanes) is 1. The number of hydrogen-bond donors (Lipinski definition) is 2. The lowest BCUT2D eigenvalue weighted by molar-refractivity contribution is 0.0487. The van der Waals surface area contributed by atoms with E-state index in [2.05, 4.69) is 53.6 Å². The monoisotopic (exact) mass is 518 g/mol. The molecule has 0 aliphatic carbocycles. The van der Waals surface area contributed by atoms with Crippen LogP contribution in [0.2, 0.25) is 0 Å². The summed E-state index contributed by atoms with van der Waals surface area (Å²) < 4.78 is 11.1. The van der Waals surface area contributed by atoms with Crippen molar-refractivity contribution in [1.29, 1.82) is 0 Å². The molecule has 1 aliphatic rings. The summed E-state index contributed by atoms with van der Waals surface area (Å²) in [4.78, 5) is 7.19. The smallest absolute Gasteiger partial charge is 0.191 e. The molecule has 0 bridgehead atoms. The van der Waals surface area contributed by atoms with Crippen molar-refractivity contribution in [2.45, 2.75) is 39.7 Å². The molecule has 7 heteroatoms. The molecule has 0 fully saturated rings. The summed E-state index contributed by atoms with van der Waals surface area (Å²) in [5, 5.41) is 6.64. The number of fused-ring (bicyclic) bond motifs is 1.